The Morgan fingerprint density at radius 2 is 1.60 bits per heavy atom. The van der Waals surface area contributed by atoms with E-state index in [9.17, 15) is 14.4 Å². The Bertz CT molecular complexity index is 1670. The number of benzene rings is 3. The largest absolute Gasteiger partial charge is 0.444 e. The van der Waals surface area contributed by atoms with E-state index in [1.807, 2.05) is 72.5 Å². The number of amides is 1. The van der Waals surface area contributed by atoms with Crippen molar-refractivity contribution in [1.82, 2.24) is 14.6 Å². The van der Waals surface area contributed by atoms with Crippen molar-refractivity contribution >= 4 is 22.7 Å². The van der Waals surface area contributed by atoms with Crippen molar-refractivity contribution in [2.24, 2.45) is 0 Å². The van der Waals surface area contributed by atoms with Crippen LogP contribution < -0.4 is 26.5 Å². The van der Waals surface area contributed by atoms with Gasteiger partial charge in [0, 0.05) is 19.6 Å². The standard InChI is InChI=1S/C33H38FN5O4/c1-5-38-28-19-29(36-17-16-25(22-36)35-31(41)43-33(2,3)4)27(34)18-26(28)30(40)39(32(38)42)37(20-23-12-8-6-9-13-23)21-24-14-10-7-11-15-24/h6-15,18-19,25H,5,16-17,20-22H2,1-4H3,(H,35,41). The van der Waals surface area contributed by atoms with E-state index >= 15 is 4.39 Å². The molecule has 3 aromatic carbocycles. The fourth-order valence-electron chi connectivity index (χ4n) is 5.52. The number of nitrogens with zero attached hydrogens (tertiary/aromatic N) is 4. The van der Waals surface area contributed by atoms with Crippen LogP contribution in [0.25, 0.3) is 10.9 Å². The molecule has 1 aliphatic rings. The maximum absolute atomic E-state index is 15.7. The lowest BCUT2D eigenvalue weighted by molar-refractivity contribution is 0.0509. The van der Waals surface area contributed by atoms with Gasteiger partial charge in [-0.25, -0.2) is 14.0 Å². The van der Waals surface area contributed by atoms with E-state index in [2.05, 4.69) is 5.32 Å². The SMILES string of the molecule is CCn1c(=O)n(N(Cc2ccccc2)Cc2ccccc2)c(=O)c2cc(F)c(N3CCC(NC(=O)OC(C)(C)C)C3)cc21. The van der Waals surface area contributed by atoms with Gasteiger partial charge in [0.1, 0.15) is 11.4 Å². The summed E-state index contributed by atoms with van der Waals surface area (Å²) < 4.78 is 23.7. The molecule has 5 rings (SSSR count). The Hall–Kier alpha value is -4.60. The maximum atomic E-state index is 15.7. The van der Waals surface area contributed by atoms with Crippen LogP contribution in [0.5, 0.6) is 0 Å². The fourth-order valence-corrected chi connectivity index (χ4v) is 5.52. The summed E-state index contributed by atoms with van der Waals surface area (Å²) in [4.78, 5) is 42.0. The average Bonchev–Trinajstić information content (AvgIpc) is 3.41. The number of alkyl carbamates (subject to hydrolysis) is 1. The highest BCUT2D eigenvalue weighted by atomic mass is 19.1. The third-order valence-corrected chi connectivity index (χ3v) is 7.46. The van der Waals surface area contributed by atoms with Crippen molar-refractivity contribution in [3.05, 3.63) is 111 Å². The molecule has 226 valence electrons. The Morgan fingerprint density at radius 3 is 2.16 bits per heavy atom. The zero-order valence-electron chi connectivity index (χ0n) is 25.0. The molecule has 0 radical (unpaired) electrons. The molecular weight excluding hydrogens is 549 g/mol. The highest BCUT2D eigenvalue weighted by Gasteiger charge is 2.29. The lowest BCUT2D eigenvalue weighted by atomic mass is 10.2. The van der Waals surface area contributed by atoms with Gasteiger partial charge in [-0.1, -0.05) is 60.7 Å². The summed E-state index contributed by atoms with van der Waals surface area (Å²) in [6.45, 7) is 8.98. The molecule has 0 aliphatic carbocycles. The molecule has 1 fully saturated rings. The molecule has 10 heteroatoms. The molecule has 43 heavy (non-hydrogen) atoms. The second kappa shape index (κ2) is 12.3. The normalized spacial score (nSPS) is 15.1. The predicted octanol–water partition coefficient (Wildman–Crippen LogP) is 4.76. The van der Waals surface area contributed by atoms with Crippen molar-refractivity contribution in [3.8, 4) is 0 Å². The van der Waals surface area contributed by atoms with Crippen molar-refractivity contribution in [3.63, 3.8) is 0 Å². The highest BCUT2D eigenvalue weighted by molar-refractivity contribution is 5.83. The zero-order chi connectivity index (χ0) is 30.7. The van der Waals surface area contributed by atoms with Crippen LogP contribution in [0.1, 0.15) is 45.2 Å². The molecule has 1 amide bonds. The minimum absolute atomic E-state index is 0.122. The van der Waals surface area contributed by atoms with Gasteiger partial charge >= 0.3 is 11.8 Å². The number of fused-ring (bicyclic) bond motifs is 1. The van der Waals surface area contributed by atoms with Crippen LogP contribution in [0.2, 0.25) is 0 Å². The van der Waals surface area contributed by atoms with Crippen LogP contribution in [0, 0.1) is 5.82 Å². The van der Waals surface area contributed by atoms with E-state index in [1.165, 1.54) is 10.6 Å². The number of carbonyl (C=O) groups is 1. The Labute approximate surface area is 250 Å². The van der Waals surface area contributed by atoms with Crippen molar-refractivity contribution in [2.45, 2.75) is 65.4 Å². The molecule has 0 spiro atoms. The Balaban J connectivity index is 1.52. The molecule has 0 saturated carbocycles. The number of hydrogen-bond acceptors (Lipinski definition) is 6. The molecule has 0 bridgehead atoms. The van der Waals surface area contributed by atoms with E-state index in [1.54, 1.807) is 31.8 Å². The first kappa shape index (κ1) is 29.9. The van der Waals surface area contributed by atoms with Gasteiger partial charge in [-0.05, 0) is 57.4 Å². The molecule has 1 saturated heterocycles. The summed E-state index contributed by atoms with van der Waals surface area (Å²) in [5.74, 6) is -0.562. The Kier molecular flexibility index (Phi) is 8.57. The van der Waals surface area contributed by atoms with Gasteiger partial charge in [-0.2, -0.15) is 4.68 Å². The summed E-state index contributed by atoms with van der Waals surface area (Å²) in [5, 5.41) is 4.68. The van der Waals surface area contributed by atoms with Crippen LogP contribution in [-0.2, 0) is 24.4 Å². The summed E-state index contributed by atoms with van der Waals surface area (Å²) in [5.41, 5.74) is 0.818. The first-order valence-corrected chi connectivity index (χ1v) is 14.6. The van der Waals surface area contributed by atoms with Crippen molar-refractivity contribution < 1.29 is 13.9 Å². The Morgan fingerprint density at radius 1 is 1.00 bits per heavy atom. The number of halogens is 1. The fraction of sp³-hybridized carbons (Fsp3) is 0.364. The van der Waals surface area contributed by atoms with Gasteiger partial charge in [-0.15, -0.1) is 0 Å². The topological polar surface area (TPSA) is 88.8 Å². The van der Waals surface area contributed by atoms with Gasteiger partial charge in [-0.3, -0.25) is 14.4 Å². The number of aryl methyl sites for hydroxylation is 1. The second-order valence-electron chi connectivity index (χ2n) is 11.8. The number of carbonyl (C=O) groups excluding carboxylic acids is 1. The second-order valence-corrected chi connectivity index (χ2v) is 11.8. The highest BCUT2D eigenvalue weighted by Crippen LogP contribution is 2.28. The molecule has 1 N–H and O–H groups in total. The van der Waals surface area contributed by atoms with Crippen molar-refractivity contribution in [2.75, 3.05) is 23.0 Å². The van der Waals surface area contributed by atoms with Crippen LogP contribution >= 0.6 is 0 Å². The number of nitrogens with one attached hydrogen (secondary N) is 1. The number of rotatable bonds is 8. The van der Waals surface area contributed by atoms with Crippen LogP contribution in [0.4, 0.5) is 14.9 Å². The summed E-state index contributed by atoms with van der Waals surface area (Å²) in [6.07, 6.45) is 0.0848. The number of ether oxygens (including phenoxy) is 1. The van der Waals surface area contributed by atoms with Gasteiger partial charge in [0.15, 0.2) is 0 Å². The minimum Gasteiger partial charge on any atom is -0.444 e. The molecule has 1 aliphatic heterocycles. The van der Waals surface area contributed by atoms with Crippen LogP contribution in [-0.4, -0.2) is 40.1 Å². The van der Waals surface area contributed by atoms with E-state index < -0.39 is 28.8 Å². The van der Waals surface area contributed by atoms with Gasteiger partial charge in [0.25, 0.3) is 5.56 Å². The molecule has 1 atom stereocenters. The first-order chi connectivity index (χ1) is 20.5. The number of anilines is 1. The smallest absolute Gasteiger partial charge is 0.407 e. The number of aromatic nitrogens is 2. The van der Waals surface area contributed by atoms with E-state index in [4.69, 9.17) is 4.74 Å². The molecule has 9 nitrogen and oxygen atoms in total. The van der Waals surface area contributed by atoms with Gasteiger partial charge in [0.05, 0.1) is 35.7 Å². The zero-order valence-corrected chi connectivity index (χ0v) is 25.0. The molecule has 1 unspecified atom stereocenters. The lowest BCUT2D eigenvalue weighted by Gasteiger charge is -2.28. The van der Waals surface area contributed by atoms with Gasteiger partial charge < -0.3 is 15.0 Å². The van der Waals surface area contributed by atoms with Crippen LogP contribution in [0.3, 0.4) is 0 Å². The third kappa shape index (κ3) is 6.74. The number of hydrogen-bond donors (Lipinski definition) is 1. The van der Waals surface area contributed by atoms with E-state index in [0.29, 0.717) is 38.1 Å². The molecule has 1 aromatic heterocycles. The lowest BCUT2D eigenvalue weighted by Crippen LogP contribution is -2.52. The molecule has 4 aromatic rings. The molecule has 2 heterocycles. The first-order valence-electron chi connectivity index (χ1n) is 14.6. The van der Waals surface area contributed by atoms with E-state index in [0.717, 1.165) is 15.8 Å². The maximum Gasteiger partial charge on any atom is 0.407 e. The molecular formula is C33H38FN5O4. The summed E-state index contributed by atoms with van der Waals surface area (Å²) in [7, 11) is 0. The van der Waals surface area contributed by atoms with Gasteiger partial charge in [0.2, 0.25) is 0 Å². The monoisotopic (exact) mass is 587 g/mol. The summed E-state index contributed by atoms with van der Waals surface area (Å²) >= 11 is 0. The quantitative estimate of drug-likeness (QED) is 0.320. The van der Waals surface area contributed by atoms with Crippen LogP contribution in [0.15, 0.2) is 82.4 Å². The summed E-state index contributed by atoms with van der Waals surface area (Å²) in [6, 6.07) is 21.8. The predicted molar refractivity (Wildman–Crippen MR) is 167 cm³/mol. The van der Waals surface area contributed by atoms with Crippen molar-refractivity contribution in [1.29, 1.82) is 0 Å². The average molecular weight is 588 g/mol. The third-order valence-electron chi connectivity index (χ3n) is 7.46. The van der Waals surface area contributed by atoms with E-state index in [-0.39, 0.29) is 23.7 Å². The minimum atomic E-state index is -0.624.